The number of aliphatic hydroxyl groups is 1. The Morgan fingerprint density at radius 3 is 2.56 bits per heavy atom. The molecule has 1 N–H and O–H groups in total. The summed E-state index contributed by atoms with van der Waals surface area (Å²) < 4.78 is 24.7. The largest absolute Gasteiger partial charge is 0.392 e. The van der Waals surface area contributed by atoms with Crippen molar-refractivity contribution in [1.82, 2.24) is 9.21 Å². The van der Waals surface area contributed by atoms with Crippen molar-refractivity contribution in [2.45, 2.75) is 31.8 Å². The molecule has 2 saturated heterocycles. The lowest BCUT2D eigenvalue weighted by Crippen LogP contribution is -2.46. The molecule has 106 valence electrons. The number of likely N-dealkylation sites (tertiary alicyclic amines) is 1. The lowest BCUT2D eigenvalue weighted by molar-refractivity contribution is 0.0561. The van der Waals surface area contributed by atoms with E-state index in [4.69, 9.17) is 0 Å². The molecule has 0 aromatic carbocycles. The van der Waals surface area contributed by atoms with Crippen molar-refractivity contribution in [2.75, 3.05) is 39.0 Å². The Hall–Kier alpha value is -0.170. The van der Waals surface area contributed by atoms with Gasteiger partial charge in [0.05, 0.1) is 12.4 Å². The molecular weight excluding hydrogens is 252 g/mol. The van der Waals surface area contributed by atoms with Gasteiger partial charge >= 0.3 is 0 Å². The van der Waals surface area contributed by atoms with Crippen LogP contribution < -0.4 is 0 Å². The van der Waals surface area contributed by atoms with Gasteiger partial charge in [-0.15, -0.1) is 0 Å². The normalized spacial score (nSPS) is 32.6. The van der Waals surface area contributed by atoms with Crippen LogP contribution in [0.25, 0.3) is 0 Å². The Bertz CT molecular complexity index is 372. The van der Waals surface area contributed by atoms with E-state index in [-0.39, 0.29) is 6.10 Å². The van der Waals surface area contributed by atoms with Crippen molar-refractivity contribution >= 4 is 10.0 Å². The summed E-state index contributed by atoms with van der Waals surface area (Å²) in [7, 11) is -3.04. The molecule has 2 fully saturated rings. The first-order valence-electron chi connectivity index (χ1n) is 6.80. The van der Waals surface area contributed by atoms with Crippen molar-refractivity contribution in [3.8, 4) is 0 Å². The third-order valence-corrected chi connectivity index (χ3v) is 5.22. The molecule has 0 radical (unpaired) electrons. The molecule has 0 aromatic rings. The van der Waals surface area contributed by atoms with Gasteiger partial charge in [-0.25, -0.2) is 12.7 Å². The predicted octanol–water partition coefficient (Wildman–Crippen LogP) is 0.115. The van der Waals surface area contributed by atoms with Crippen LogP contribution in [-0.4, -0.2) is 67.8 Å². The van der Waals surface area contributed by atoms with Crippen molar-refractivity contribution in [3.63, 3.8) is 0 Å². The van der Waals surface area contributed by atoms with Gasteiger partial charge in [0.15, 0.2) is 0 Å². The average molecular weight is 276 g/mol. The van der Waals surface area contributed by atoms with Crippen LogP contribution in [0.3, 0.4) is 0 Å². The molecule has 2 heterocycles. The lowest BCUT2D eigenvalue weighted by Gasteiger charge is -2.36. The number of rotatable bonds is 3. The zero-order valence-electron chi connectivity index (χ0n) is 11.1. The Morgan fingerprint density at radius 1 is 1.17 bits per heavy atom. The van der Waals surface area contributed by atoms with Crippen LogP contribution in [0.5, 0.6) is 0 Å². The Morgan fingerprint density at radius 2 is 1.89 bits per heavy atom. The van der Waals surface area contributed by atoms with E-state index < -0.39 is 10.0 Å². The summed E-state index contributed by atoms with van der Waals surface area (Å²) in [5, 5.41) is 9.64. The molecule has 0 amide bonds. The minimum absolute atomic E-state index is 0.201. The van der Waals surface area contributed by atoms with Gasteiger partial charge in [-0.3, -0.25) is 0 Å². The second kappa shape index (κ2) is 5.86. The van der Waals surface area contributed by atoms with Crippen molar-refractivity contribution in [3.05, 3.63) is 0 Å². The number of β-amino-alcohol motifs (C(OH)–C–C–N with tert-alkyl or cyclic N) is 1. The van der Waals surface area contributed by atoms with Gasteiger partial charge < -0.3 is 10.0 Å². The van der Waals surface area contributed by atoms with Gasteiger partial charge in [0.1, 0.15) is 0 Å². The molecule has 2 rings (SSSR count). The molecule has 2 unspecified atom stereocenters. The summed E-state index contributed by atoms with van der Waals surface area (Å²) in [6.45, 7) is 4.01. The zero-order chi connectivity index (χ0) is 13.2. The van der Waals surface area contributed by atoms with Gasteiger partial charge in [-0.05, 0) is 38.1 Å². The highest BCUT2D eigenvalue weighted by molar-refractivity contribution is 7.88. The van der Waals surface area contributed by atoms with Gasteiger partial charge in [-0.2, -0.15) is 0 Å². The number of nitrogens with zero attached hydrogens (tertiary/aromatic N) is 2. The van der Waals surface area contributed by atoms with Gasteiger partial charge in [0.25, 0.3) is 0 Å². The quantitative estimate of drug-likeness (QED) is 0.795. The second-order valence-electron chi connectivity index (χ2n) is 5.68. The fraction of sp³-hybridized carbons (Fsp3) is 1.00. The van der Waals surface area contributed by atoms with E-state index in [1.54, 1.807) is 4.31 Å². The van der Waals surface area contributed by atoms with E-state index in [1.807, 2.05) is 0 Å². The maximum atomic E-state index is 11.5. The average Bonchev–Trinajstić information content (AvgIpc) is 2.28. The van der Waals surface area contributed by atoms with Crippen LogP contribution >= 0.6 is 0 Å². The van der Waals surface area contributed by atoms with E-state index in [2.05, 4.69) is 4.90 Å². The van der Waals surface area contributed by atoms with E-state index in [0.717, 1.165) is 45.3 Å². The van der Waals surface area contributed by atoms with Gasteiger partial charge in [-0.1, -0.05) is 0 Å². The van der Waals surface area contributed by atoms with Crippen LogP contribution in [0.1, 0.15) is 25.7 Å². The molecule has 5 nitrogen and oxygen atoms in total. The first kappa shape index (κ1) is 14.2. The summed E-state index contributed by atoms with van der Waals surface area (Å²) >= 11 is 0. The highest BCUT2D eigenvalue weighted by atomic mass is 32.2. The van der Waals surface area contributed by atoms with Crippen molar-refractivity contribution in [2.24, 2.45) is 5.92 Å². The SMILES string of the molecule is CS(=O)(=O)N1CCCC(CN2CCCC(O)C2)C1. The molecule has 0 bridgehead atoms. The number of sulfonamides is 1. The molecule has 0 saturated carbocycles. The van der Waals surface area contributed by atoms with Crippen LogP contribution in [0.2, 0.25) is 0 Å². The third kappa shape index (κ3) is 3.91. The van der Waals surface area contributed by atoms with Crippen LogP contribution in [0.4, 0.5) is 0 Å². The summed E-state index contributed by atoms with van der Waals surface area (Å²) in [6, 6.07) is 0. The fourth-order valence-corrected chi connectivity index (χ4v) is 3.98. The molecule has 18 heavy (non-hydrogen) atoms. The maximum Gasteiger partial charge on any atom is 0.211 e. The number of aliphatic hydroxyl groups excluding tert-OH is 1. The fourth-order valence-electron chi connectivity index (χ4n) is 3.04. The highest BCUT2D eigenvalue weighted by Gasteiger charge is 2.28. The standard InChI is InChI=1S/C12H24N2O3S/c1-18(16,17)14-7-2-4-11(9-14)8-13-6-3-5-12(15)10-13/h11-12,15H,2-10H2,1H3. The molecule has 6 heteroatoms. The molecule has 0 spiro atoms. The molecule has 2 aliphatic rings. The van der Waals surface area contributed by atoms with Crippen LogP contribution in [0.15, 0.2) is 0 Å². The van der Waals surface area contributed by atoms with Crippen molar-refractivity contribution in [1.29, 1.82) is 0 Å². The minimum atomic E-state index is -3.04. The first-order valence-corrected chi connectivity index (χ1v) is 8.65. The third-order valence-electron chi connectivity index (χ3n) is 3.95. The van der Waals surface area contributed by atoms with E-state index >= 15 is 0 Å². The van der Waals surface area contributed by atoms with Crippen LogP contribution in [0, 0.1) is 5.92 Å². The number of hydrogen-bond donors (Lipinski definition) is 1. The Balaban J connectivity index is 1.86. The zero-order valence-corrected chi connectivity index (χ0v) is 11.9. The van der Waals surface area contributed by atoms with E-state index in [0.29, 0.717) is 19.0 Å². The predicted molar refractivity (Wildman–Crippen MR) is 70.8 cm³/mol. The van der Waals surface area contributed by atoms with Crippen LogP contribution in [-0.2, 0) is 10.0 Å². The lowest BCUT2D eigenvalue weighted by atomic mass is 9.97. The molecule has 2 aliphatic heterocycles. The molecule has 0 aromatic heterocycles. The van der Waals surface area contributed by atoms with E-state index in [9.17, 15) is 13.5 Å². The summed E-state index contributed by atoms with van der Waals surface area (Å²) in [5.41, 5.74) is 0. The Kier molecular flexibility index (Phi) is 4.64. The smallest absolute Gasteiger partial charge is 0.211 e. The van der Waals surface area contributed by atoms with Gasteiger partial charge in [0, 0.05) is 26.2 Å². The summed E-state index contributed by atoms with van der Waals surface area (Å²) in [4.78, 5) is 2.28. The second-order valence-corrected chi connectivity index (χ2v) is 7.67. The first-order chi connectivity index (χ1) is 8.45. The maximum absolute atomic E-state index is 11.5. The topological polar surface area (TPSA) is 60.9 Å². The highest BCUT2D eigenvalue weighted by Crippen LogP contribution is 2.21. The molecule has 0 aliphatic carbocycles. The molecular formula is C12H24N2O3S. The minimum Gasteiger partial charge on any atom is -0.392 e. The number of piperidine rings is 2. The molecule has 2 atom stereocenters. The summed E-state index contributed by atoms with van der Waals surface area (Å²) in [6.07, 6.45) is 5.08. The van der Waals surface area contributed by atoms with Crippen molar-refractivity contribution < 1.29 is 13.5 Å². The van der Waals surface area contributed by atoms with Gasteiger partial charge in [0.2, 0.25) is 10.0 Å². The number of hydrogen-bond acceptors (Lipinski definition) is 4. The monoisotopic (exact) mass is 276 g/mol. The summed E-state index contributed by atoms with van der Waals surface area (Å²) in [5.74, 6) is 0.416. The van der Waals surface area contributed by atoms with E-state index in [1.165, 1.54) is 6.26 Å². The Labute approximate surface area is 110 Å².